The van der Waals surface area contributed by atoms with Crippen molar-refractivity contribution in [1.29, 1.82) is 0 Å². The largest absolute Gasteiger partial charge is 0.493 e. The Balaban J connectivity index is 2.09. The number of halogens is 1. The fraction of sp³-hybridized carbons (Fsp3) is 0.500. The van der Waals surface area contributed by atoms with Crippen LogP contribution in [0.4, 0.5) is 0 Å². The highest BCUT2D eigenvalue weighted by Crippen LogP contribution is 2.29. The van der Waals surface area contributed by atoms with E-state index >= 15 is 0 Å². The maximum atomic E-state index is 11.9. The number of carbonyl (C=O) groups excluding carboxylic acids is 1. The highest BCUT2D eigenvalue weighted by Gasteiger charge is 2.28. The van der Waals surface area contributed by atoms with E-state index in [9.17, 15) is 4.79 Å². The summed E-state index contributed by atoms with van der Waals surface area (Å²) in [5.41, 5.74) is 1.06. The first-order valence-electron chi connectivity index (χ1n) is 6.22. The number of benzene rings is 1. The minimum atomic E-state index is 0.222. The van der Waals surface area contributed by atoms with Crippen LogP contribution in [0.5, 0.6) is 11.5 Å². The maximum absolute atomic E-state index is 11.9. The third-order valence-electron chi connectivity index (χ3n) is 3.33. The van der Waals surface area contributed by atoms with Crippen LogP contribution >= 0.6 is 15.9 Å². The Kier molecular flexibility index (Phi) is 4.69. The lowest BCUT2D eigenvalue weighted by Crippen LogP contribution is -2.24. The lowest BCUT2D eigenvalue weighted by molar-refractivity contribution is -0.128. The molecule has 0 N–H and O–H groups in total. The molecule has 2 rings (SSSR count). The molecular weight excluding hydrogens is 310 g/mol. The Labute approximate surface area is 121 Å². The second kappa shape index (κ2) is 6.28. The molecule has 1 heterocycles. The van der Waals surface area contributed by atoms with Gasteiger partial charge in [-0.3, -0.25) is 4.79 Å². The van der Waals surface area contributed by atoms with Crippen LogP contribution in [-0.4, -0.2) is 36.9 Å². The van der Waals surface area contributed by atoms with Gasteiger partial charge in [0.05, 0.1) is 14.2 Å². The predicted molar refractivity (Wildman–Crippen MR) is 76.9 cm³/mol. The zero-order valence-electron chi connectivity index (χ0n) is 11.2. The average Bonchev–Trinajstić information content (AvgIpc) is 2.79. The molecule has 5 heteroatoms. The summed E-state index contributed by atoms with van der Waals surface area (Å²) in [6.07, 6.45) is 0.637. The Hall–Kier alpha value is -1.23. The van der Waals surface area contributed by atoms with Gasteiger partial charge in [0, 0.05) is 24.8 Å². The first-order valence-corrected chi connectivity index (χ1v) is 7.34. The normalized spacial score (nSPS) is 18.8. The van der Waals surface area contributed by atoms with E-state index in [1.54, 1.807) is 14.2 Å². The molecule has 1 aliphatic heterocycles. The minimum Gasteiger partial charge on any atom is -0.493 e. The number of amides is 1. The van der Waals surface area contributed by atoms with Gasteiger partial charge in [-0.05, 0) is 23.6 Å². The van der Waals surface area contributed by atoms with Gasteiger partial charge in [0.1, 0.15) is 0 Å². The van der Waals surface area contributed by atoms with Crippen molar-refractivity contribution in [2.45, 2.75) is 13.0 Å². The van der Waals surface area contributed by atoms with Crippen molar-refractivity contribution in [3.8, 4) is 11.5 Å². The van der Waals surface area contributed by atoms with Crippen LogP contribution in [0.2, 0.25) is 0 Å². The molecule has 1 aliphatic rings. The number of alkyl halides is 1. The van der Waals surface area contributed by atoms with E-state index < -0.39 is 0 Å². The van der Waals surface area contributed by atoms with Crippen LogP contribution in [0, 0.1) is 5.92 Å². The molecule has 0 bridgehead atoms. The number of ether oxygens (including phenoxy) is 2. The minimum absolute atomic E-state index is 0.222. The summed E-state index contributed by atoms with van der Waals surface area (Å²) in [6.45, 7) is 1.45. The van der Waals surface area contributed by atoms with Crippen molar-refractivity contribution < 1.29 is 14.3 Å². The third-order valence-corrected chi connectivity index (χ3v) is 4.25. The van der Waals surface area contributed by atoms with Crippen LogP contribution < -0.4 is 9.47 Å². The van der Waals surface area contributed by atoms with E-state index in [0.717, 1.165) is 17.4 Å². The van der Waals surface area contributed by atoms with Gasteiger partial charge in [-0.1, -0.05) is 22.0 Å². The topological polar surface area (TPSA) is 38.8 Å². The molecule has 1 amide bonds. The highest BCUT2D eigenvalue weighted by molar-refractivity contribution is 9.09. The summed E-state index contributed by atoms with van der Waals surface area (Å²) in [5, 5.41) is 0.876. The summed E-state index contributed by atoms with van der Waals surface area (Å²) >= 11 is 3.44. The summed E-state index contributed by atoms with van der Waals surface area (Å²) < 4.78 is 10.5. The van der Waals surface area contributed by atoms with Crippen molar-refractivity contribution in [1.82, 2.24) is 4.90 Å². The van der Waals surface area contributed by atoms with Crippen molar-refractivity contribution >= 4 is 21.8 Å². The highest BCUT2D eigenvalue weighted by atomic mass is 79.9. The van der Waals surface area contributed by atoms with Gasteiger partial charge in [-0.2, -0.15) is 0 Å². The molecule has 0 aromatic heterocycles. The molecule has 1 fully saturated rings. The van der Waals surface area contributed by atoms with Gasteiger partial charge in [-0.25, -0.2) is 0 Å². The average molecular weight is 328 g/mol. The van der Waals surface area contributed by atoms with Crippen molar-refractivity contribution in [3.63, 3.8) is 0 Å². The van der Waals surface area contributed by atoms with Crippen LogP contribution in [0.1, 0.15) is 12.0 Å². The van der Waals surface area contributed by atoms with E-state index in [-0.39, 0.29) is 5.91 Å². The molecule has 104 valence electrons. The maximum Gasteiger partial charge on any atom is 0.223 e. The molecule has 0 saturated carbocycles. The standard InChI is InChI=1S/C14H18BrNO3/c1-18-12-4-3-10(5-13(12)19-2)8-16-9-11(7-15)6-14(16)17/h3-5,11H,6-9H2,1-2H3. The number of carbonyl (C=O) groups is 1. The monoisotopic (exact) mass is 327 g/mol. The van der Waals surface area contributed by atoms with Gasteiger partial charge in [0.15, 0.2) is 11.5 Å². The fourth-order valence-electron chi connectivity index (χ4n) is 2.31. The smallest absolute Gasteiger partial charge is 0.223 e. The molecular formula is C14H18BrNO3. The number of methoxy groups -OCH3 is 2. The Morgan fingerprint density at radius 1 is 1.32 bits per heavy atom. The number of nitrogens with zero attached hydrogens (tertiary/aromatic N) is 1. The molecule has 4 nitrogen and oxygen atoms in total. The van der Waals surface area contributed by atoms with Crippen LogP contribution in [-0.2, 0) is 11.3 Å². The summed E-state index contributed by atoms with van der Waals surface area (Å²) in [6, 6.07) is 5.76. The number of hydrogen-bond acceptors (Lipinski definition) is 3. The molecule has 1 aromatic carbocycles. The predicted octanol–water partition coefficient (Wildman–Crippen LogP) is 2.45. The van der Waals surface area contributed by atoms with Crippen LogP contribution in [0.15, 0.2) is 18.2 Å². The molecule has 19 heavy (non-hydrogen) atoms. The van der Waals surface area contributed by atoms with E-state index in [4.69, 9.17) is 9.47 Å². The molecule has 0 spiro atoms. The molecule has 1 saturated heterocycles. The first kappa shape index (κ1) is 14.2. The van der Waals surface area contributed by atoms with Gasteiger partial charge in [-0.15, -0.1) is 0 Å². The second-order valence-electron chi connectivity index (χ2n) is 4.69. The first-order chi connectivity index (χ1) is 9.17. The number of hydrogen-bond donors (Lipinski definition) is 0. The van der Waals surface area contributed by atoms with Gasteiger partial charge in [0.25, 0.3) is 0 Å². The number of likely N-dealkylation sites (tertiary alicyclic amines) is 1. The van der Waals surface area contributed by atoms with Crippen molar-refractivity contribution in [2.24, 2.45) is 5.92 Å². The summed E-state index contributed by atoms with van der Waals surface area (Å²) in [4.78, 5) is 13.8. The molecule has 1 unspecified atom stereocenters. The van der Waals surface area contributed by atoms with E-state index in [0.29, 0.717) is 30.4 Å². The summed E-state index contributed by atoms with van der Waals surface area (Å²) in [5.74, 6) is 2.05. The molecule has 0 aliphatic carbocycles. The lowest BCUT2D eigenvalue weighted by Gasteiger charge is -2.17. The fourth-order valence-corrected chi connectivity index (χ4v) is 2.74. The van der Waals surface area contributed by atoms with Gasteiger partial charge < -0.3 is 14.4 Å². The lowest BCUT2D eigenvalue weighted by atomic mass is 10.1. The molecule has 1 aromatic rings. The van der Waals surface area contributed by atoms with Gasteiger partial charge >= 0.3 is 0 Å². The number of rotatable bonds is 5. The van der Waals surface area contributed by atoms with Gasteiger partial charge in [0.2, 0.25) is 5.91 Å². The van der Waals surface area contributed by atoms with Crippen molar-refractivity contribution in [3.05, 3.63) is 23.8 Å². The zero-order chi connectivity index (χ0) is 13.8. The van der Waals surface area contributed by atoms with Crippen LogP contribution in [0.3, 0.4) is 0 Å². The quantitative estimate of drug-likeness (QED) is 0.780. The van der Waals surface area contributed by atoms with E-state index in [2.05, 4.69) is 15.9 Å². The Morgan fingerprint density at radius 3 is 2.63 bits per heavy atom. The SMILES string of the molecule is COc1ccc(CN2CC(CBr)CC2=O)cc1OC. The summed E-state index contributed by atoms with van der Waals surface area (Å²) in [7, 11) is 3.23. The second-order valence-corrected chi connectivity index (χ2v) is 5.34. The zero-order valence-corrected chi connectivity index (χ0v) is 12.8. The third kappa shape index (κ3) is 3.21. The molecule has 1 atom stereocenters. The van der Waals surface area contributed by atoms with Crippen LogP contribution in [0.25, 0.3) is 0 Å². The van der Waals surface area contributed by atoms with E-state index in [1.165, 1.54) is 0 Å². The molecule has 0 radical (unpaired) electrons. The van der Waals surface area contributed by atoms with Crippen molar-refractivity contribution in [2.75, 3.05) is 26.1 Å². The Morgan fingerprint density at radius 2 is 2.05 bits per heavy atom. The van der Waals surface area contributed by atoms with E-state index in [1.807, 2.05) is 23.1 Å². The Bertz CT molecular complexity index is 464.